The van der Waals surface area contributed by atoms with Crippen LogP contribution in [-0.4, -0.2) is 16.5 Å². The zero-order valence-corrected chi connectivity index (χ0v) is 11.8. The van der Waals surface area contributed by atoms with Crippen molar-refractivity contribution in [3.05, 3.63) is 58.9 Å². The zero-order chi connectivity index (χ0) is 13.6. The SMILES string of the molecule is c1ccc(CNCCc2nc(-c3ccco3)cs2)nc1. The van der Waals surface area contributed by atoms with E-state index in [1.54, 1.807) is 17.6 Å². The Labute approximate surface area is 121 Å². The van der Waals surface area contributed by atoms with Crippen LogP contribution in [0.5, 0.6) is 0 Å². The van der Waals surface area contributed by atoms with E-state index in [1.807, 2.05) is 41.9 Å². The number of thiazole rings is 1. The summed E-state index contributed by atoms with van der Waals surface area (Å²) >= 11 is 1.67. The number of pyridine rings is 1. The minimum atomic E-state index is 0.789. The summed E-state index contributed by atoms with van der Waals surface area (Å²) in [6.07, 6.45) is 4.40. The van der Waals surface area contributed by atoms with E-state index in [2.05, 4.69) is 15.3 Å². The first kappa shape index (κ1) is 13.0. The highest BCUT2D eigenvalue weighted by Crippen LogP contribution is 2.22. The second kappa shape index (κ2) is 6.45. The molecule has 0 aliphatic rings. The lowest BCUT2D eigenvalue weighted by Crippen LogP contribution is -2.17. The smallest absolute Gasteiger partial charge is 0.153 e. The lowest BCUT2D eigenvalue weighted by Gasteiger charge is -2.02. The Morgan fingerprint density at radius 2 is 2.20 bits per heavy atom. The maximum Gasteiger partial charge on any atom is 0.153 e. The van der Waals surface area contributed by atoms with Crippen molar-refractivity contribution < 1.29 is 4.42 Å². The van der Waals surface area contributed by atoms with Crippen LogP contribution >= 0.6 is 11.3 Å². The van der Waals surface area contributed by atoms with Crippen LogP contribution < -0.4 is 5.32 Å². The Morgan fingerprint density at radius 3 is 3.00 bits per heavy atom. The van der Waals surface area contributed by atoms with E-state index in [1.165, 1.54) is 0 Å². The van der Waals surface area contributed by atoms with E-state index in [-0.39, 0.29) is 0 Å². The van der Waals surface area contributed by atoms with Crippen LogP contribution in [0.4, 0.5) is 0 Å². The molecular formula is C15H15N3OS. The Hall–Kier alpha value is -1.98. The number of nitrogens with zero attached hydrogens (tertiary/aromatic N) is 2. The first-order valence-corrected chi connectivity index (χ1v) is 7.39. The molecule has 0 amide bonds. The van der Waals surface area contributed by atoms with Crippen LogP contribution in [0.25, 0.3) is 11.5 Å². The van der Waals surface area contributed by atoms with Crippen molar-refractivity contribution in [2.75, 3.05) is 6.54 Å². The summed E-state index contributed by atoms with van der Waals surface area (Å²) in [4.78, 5) is 8.84. The molecule has 0 aromatic carbocycles. The van der Waals surface area contributed by atoms with Gasteiger partial charge in [0.1, 0.15) is 5.69 Å². The number of aromatic nitrogens is 2. The largest absolute Gasteiger partial charge is 0.463 e. The number of hydrogen-bond donors (Lipinski definition) is 1. The van der Waals surface area contributed by atoms with E-state index in [9.17, 15) is 0 Å². The van der Waals surface area contributed by atoms with Crippen molar-refractivity contribution in [1.82, 2.24) is 15.3 Å². The molecule has 0 saturated heterocycles. The summed E-state index contributed by atoms with van der Waals surface area (Å²) in [5.41, 5.74) is 1.97. The van der Waals surface area contributed by atoms with Crippen LogP contribution in [0, 0.1) is 0 Å². The molecule has 0 saturated carbocycles. The number of hydrogen-bond acceptors (Lipinski definition) is 5. The summed E-state index contributed by atoms with van der Waals surface area (Å²) in [6, 6.07) is 9.75. The van der Waals surface area contributed by atoms with Crippen molar-refractivity contribution in [2.24, 2.45) is 0 Å². The van der Waals surface area contributed by atoms with Gasteiger partial charge < -0.3 is 9.73 Å². The van der Waals surface area contributed by atoms with Crippen LogP contribution in [0.3, 0.4) is 0 Å². The maximum atomic E-state index is 5.34. The number of rotatable bonds is 6. The Balaban J connectivity index is 1.47. The molecule has 0 unspecified atom stereocenters. The van der Waals surface area contributed by atoms with Gasteiger partial charge in [0.2, 0.25) is 0 Å². The van der Waals surface area contributed by atoms with Gasteiger partial charge in [-0.15, -0.1) is 11.3 Å². The van der Waals surface area contributed by atoms with E-state index < -0.39 is 0 Å². The fourth-order valence-corrected chi connectivity index (χ4v) is 2.67. The van der Waals surface area contributed by atoms with Gasteiger partial charge in [0.15, 0.2) is 5.76 Å². The maximum absolute atomic E-state index is 5.34. The highest BCUT2D eigenvalue weighted by atomic mass is 32.1. The van der Waals surface area contributed by atoms with Crippen LogP contribution in [0.15, 0.2) is 52.6 Å². The fourth-order valence-electron chi connectivity index (χ4n) is 1.88. The monoisotopic (exact) mass is 285 g/mol. The molecule has 3 heterocycles. The molecular weight excluding hydrogens is 270 g/mol. The van der Waals surface area contributed by atoms with Gasteiger partial charge in [-0.1, -0.05) is 6.07 Å². The molecule has 0 spiro atoms. The molecule has 0 radical (unpaired) electrons. The molecule has 3 rings (SSSR count). The van der Waals surface area contributed by atoms with Gasteiger partial charge >= 0.3 is 0 Å². The van der Waals surface area contributed by atoms with Gasteiger partial charge in [0, 0.05) is 31.1 Å². The van der Waals surface area contributed by atoms with Gasteiger partial charge in [-0.05, 0) is 24.3 Å². The summed E-state index contributed by atoms with van der Waals surface area (Å²) in [7, 11) is 0. The molecule has 0 aliphatic heterocycles. The molecule has 3 aromatic rings. The number of furan rings is 1. The van der Waals surface area contributed by atoms with E-state index in [0.29, 0.717) is 0 Å². The molecule has 1 N–H and O–H groups in total. The first-order chi connectivity index (χ1) is 9.92. The molecule has 0 fully saturated rings. The van der Waals surface area contributed by atoms with Crippen LogP contribution in [-0.2, 0) is 13.0 Å². The van der Waals surface area contributed by atoms with Gasteiger partial charge in [-0.3, -0.25) is 4.98 Å². The summed E-state index contributed by atoms with van der Waals surface area (Å²) in [6.45, 7) is 1.68. The Morgan fingerprint density at radius 1 is 1.20 bits per heavy atom. The summed E-state index contributed by atoms with van der Waals surface area (Å²) < 4.78 is 5.34. The molecule has 0 aliphatic carbocycles. The van der Waals surface area contributed by atoms with Crippen molar-refractivity contribution in [2.45, 2.75) is 13.0 Å². The molecule has 0 atom stereocenters. The third-order valence-electron chi connectivity index (χ3n) is 2.87. The lowest BCUT2D eigenvalue weighted by molar-refractivity contribution is 0.580. The third-order valence-corrected chi connectivity index (χ3v) is 3.78. The fraction of sp³-hybridized carbons (Fsp3) is 0.200. The highest BCUT2D eigenvalue weighted by molar-refractivity contribution is 7.09. The predicted molar refractivity (Wildman–Crippen MR) is 79.5 cm³/mol. The topological polar surface area (TPSA) is 51.0 Å². The average Bonchev–Trinajstić information content (AvgIpc) is 3.15. The minimum absolute atomic E-state index is 0.789. The van der Waals surface area contributed by atoms with Crippen molar-refractivity contribution in [1.29, 1.82) is 0 Å². The van der Waals surface area contributed by atoms with Gasteiger partial charge in [-0.25, -0.2) is 4.98 Å². The van der Waals surface area contributed by atoms with Gasteiger partial charge in [0.25, 0.3) is 0 Å². The molecule has 3 aromatic heterocycles. The predicted octanol–water partition coefficient (Wildman–Crippen LogP) is 3.13. The van der Waals surface area contributed by atoms with Crippen LogP contribution in [0.2, 0.25) is 0 Å². The average molecular weight is 285 g/mol. The molecule has 4 nitrogen and oxygen atoms in total. The van der Waals surface area contributed by atoms with Gasteiger partial charge in [-0.2, -0.15) is 0 Å². The summed E-state index contributed by atoms with van der Waals surface area (Å²) in [5, 5.41) is 6.53. The Bertz CT molecular complexity index is 634. The third kappa shape index (κ3) is 3.31. The van der Waals surface area contributed by atoms with Crippen molar-refractivity contribution in [3.8, 4) is 11.5 Å². The minimum Gasteiger partial charge on any atom is -0.463 e. The molecule has 0 bridgehead atoms. The molecule has 102 valence electrons. The normalized spacial score (nSPS) is 10.8. The standard InChI is InChI=1S/C15H15N3OS/c1-2-7-17-12(4-1)10-16-8-6-15-18-13(11-20-15)14-5-3-9-19-14/h1-5,7,9,11,16H,6,8,10H2. The van der Waals surface area contributed by atoms with Crippen LogP contribution in [0.1, 0.15) is 10.7 Å². The van der Waals surface area contributed by atoms with Crippen molar-refractivity contribution >= 4 is 11.3 Å². The highest BCUT2D eigenvalue weighted by Gasteiger charge is 2.06. The Kier molecular flexibility index (Phi) is 4.20. The lowest BCUT2D eigenvalue weighted by atomic mass is 10.3. The van der Waals surface area contributed by atoms with Crippen molar-refractivity contribution in [3.63, 3.8) is 0 Å². The quantitative estimate of drug-likeness (QED) is 0.707. The molecule has 5 heteroatoms. The van der Waals surface area contributed by atoms with Gasteiger partial charge in [0.05, 0.1) is 17.0 Å². The first-order valence-electron chi connectivity index (χ1n) is 6.51. The second-order valence-corrected chi connectivity index (χ2v) is 5.29. The summed E-state index contributed by atoms with van der Waals surface area (Å²) in [5.74, 6) is 0.828. The van der Waals surface area contributed by atoms with E-state index >= 15 is 0 Å². The second-order valence-electron chi connectivity index (χ2n) is 4.35. The number of nitrogens with one attached hydrogen (secondary N) is 1. The zero-order valence-electron chi connectivity index (χ0n) is 11.0. The van der Waals surface area contributed by atoms with E-state index in [4.69, 9.17) is 4.42 Å². The molecule has 20 heavy (non-hydrogen) atoms. The van der Waals surface area contributed by atoms with E-state index in [0.717, 1.165) is 41.7 Å².